The smallest absolute Gasteiger partial charge is 0.305 e. The lowest BCUT2D eigenvalue weighted by molar-refractivity contribution is -0.199. The normalized spacial score (nSPS) is 42.7. The van der Waals surface area contributed by atoms with E-state index in [-0.39, 0.29) is 36.3 Å². The molecule has 0 saturated carbocycles. The maximum Gasteiger partial charge on any atom is 0.305 e. The topological polar surface area (TPSA) is 116 Å². The molecule has 4 saturated heterocycles. The van der Waals surface area contributed by atoms with Crippen LogP contribution in [0.2, 0.25) is 0 Å². The molecule has 0 amide bonds. The molecule has 4 fully saturated rings. The SMILES string of the molecule is CC(=O)OC1OC2[C@H](C)CO[C@@H]2[C@H]1OC(C)=O.[B][C@@H]1OC2[C@H](C)CO[C@@H]2[C@H]1OC(C)=O. The summed E-state index contributed by atoms with van der Waals surface area (Å²) in [6, 6.07) is -0.559. The molecule has 0 bridgehead atoms. The number of carbonyl (C=O) groups excluding carboxylic acids is 3. The fourth-order valence-corrected chi connectivity index (χ4v) is 4.27. The Kier molecular flexibility index (Phi) is 7.61. The van der Waals surface area contributed by atoms with Crippen LogP contribution in [0, 0.1) is 11.8 Å². The van der Waals surface area contributed by atoms with Gasteiger partial charge < -0.3 is 33.2 Å². The summed E-state index contributed by atoms with van der Waals surface area (Å²) in [6.07, 6.45) is -2.76. The minimum Gasteiger partial charge on any atom is -0.458 e. The summed E-state index contributed by atoms with van der Waals surface area (Å²) >= 11 is 0. The highest BCUT2D eigenvalue weighted by molar-refractivity contribution is 6.11. The number of hydrogen-bond acceptors (Lipinski definition) is 10. The molecule has 10 atom stereocenters. The van der Waals surface area contributed by atoms with Gasteiger partial charge in [0.15, 0.2) is 6.10 Å². The molecule has 172 valence electrons. The molecule has 3 unspecified atom stereocenters. The highest BCUT2D eigenvalue weighted by Crippen LogP contribution is 2.37. The second kappa shape index (κ2) is 9.85. The third-order valence-electron chi connectivity index (χ3n) is 5.60. The van der Waals surface area contributed by atoms with Crippen LogP contribution in [0.4, 0.5) is 0 Å². The molecule has 0 aromatic heterocycles. The van der Waals surface area contributed by atoms with Gasteiger partial charge in [-0.2, -0.15) is 0 Å². The Bertz CT molecular complexity index is 687. The molecule has 2 radical (unpaired) electrons. The first-order valence-corrected chi connectivity index (χ1v) is 10.4. The minimum atomic E-state index is -0.867. The maximum atomic E-state index is 11.0. The van der Waals surface area contributed by atoms with Crippen molar-refractivity contribution in [2.45, 2.75) is 83.5 Å². The molecular formula is C20H29BO10. The van der Waals surface area contributed by atoms with Crippen molar-refractivity contribution >= 4 is 25.8 Å². The first-order chi connectivity index (χ1) is 14.6. The Balaban J connectivity index is 0.000000179. The third-order valence-corrected chi connectivity index (χ3v) is 5.60. The van der Waals surface area contributed by atoms with Crippen molar-refractivity contribution in [3.8, 4) is 0 Å². The molecule has 0 aromatic carbocycles. The van der Waals surface area contributed by atoms with Crippen molar-refractivity contribution in [3.05, 3.63) is 0 Å². The largest absolute Gasteiger partial charge is 0.458 e. The van der Waals surface area contributed by atoms with Crippen LogP contribution in [0.1, 0.15) is 34.6 Å². The summed E-state index contributed by atoms with van der Waals surface area (Å²) in [5, 5.41) is 0. The fourth-order valence-electron chi connectivity index (χ4n) is 4.27. The Morgan fingerprint density at radius 1 is 0.710 bits per heavy atom. The van der Waals surface area contributed by atoms with Crippen molar-refractivity contribution in [1.29, 1.82) is 0 Å². The average Bonchev–Trinajstić information content (AvgIpc) is 3.37. The average molecular weight is 440 g/mol. The lowest BCUT2D eigenvalue weighted by Crippen LogP contribution is -2.38. The molecule has 11 heteroatoms. The minimum absolute atomic E-state index is 0.0330. The van der Waals surface area contributed by atoms with E-state index in [0.717, 1.165) is 0 Å². The zero-order valence-electron chi connectivity index (χ0n) is 18.3. The van der Waals surface area contributed by atoms with Gasteiger partial charge in [-0.15, -0.1) is 0 Å². The van der Waals surface area contributed by atoms with Gasteiger partial charge in [0.25, 0.3) is 0 Å². The first kappa shape index (κ1) is 24.0. The second-order valence-corrected chi connectivity index (χ2v) is 8.34. The summed E-state index contributed by atoms with van der Waals surface area (Å²) in [6.45, 7) is 9.15. The predicted octanol–water partition coefficient (Wildman–Crippen LogP) is 0.0874. The molecule has 10 nitrogen and oxygen atoms in total. The summed E-state index contributed by atoms with van der Waals surface area (Å²) in [4.78, 5) is 32.8. The van der Waals surface area contributed by atoms with E-state index in [1.807, 2.05) is 13.8 Å². The Morgan fingerprint density at radius 3 is 1.68 bits per heavy atom. The van der Waals surface area contributed by atoms with Gasteiger partial charge in [-0.05, 0) is 0 Å². The van der Waals surface area contributed by atoms with Crippen LogP contribution in [0.25, 0.3) is 0 Å². The molecule has 0 aromatic rings. The number of esters is 3. The van der Waals surface area contributed by atoms with E-state index in [4.69, 9.17) is 41.0 Å². The Labute approximate surface area is 182 Å². The molecular weight excluding hydrogens is 411 g/mol. The van der Waals surface area contributed by atoms with Crippen molar-refractivity contribution < 1.29 is 47.5 Å². The Hall–Kier alpha value is -1.69. The van der Waals surface area contributed by atoms with E-state index in [2.05, 4.69) is 0 Å². The van der Waals surface area contributed by atoms with Crippen LogP contribution >= 0.6 is 0 Å². The lowest BCUT2D eigenvalue weighted by atomic mass is 9.92. The van der Waals surface area contributed by atoms with Crippen LogP contribution in [0.5, 0.6) is 0 Å². The fraction of sp³-hybridized carbons (Fsp3) is 0.850. The van der Waals surface area contributed by atoms with Gasteiger partial charge in [0.1, 0.15) is 26.2 Å². The van der Waals surface area contributed by atoms with E-state index in [0.29, 0.717) is 19.1 Å². The van der Waals surface area contributed by atoms with Crippen molar-refractivity contribution in [1.82, 2.24) is 0 Å². The van der Waals surface area contributed by atoms with Crippen LogP contribution in [0.15, 0.2) is 0 Å². The van der Waals surface area contributed by atoms with Crippen molar-refractivity contribution in [3.63, 3.8) is 0 Å². The molecule has 4 heterocycles. The van der Waals surface area contributed by atoms with E-state index in [1.165, 1.54) is 20.8 Å². The van der Waals surface area contributed by atoms with Gasteiger partial charge in [-0.3, -0.25) is 14.4 Å². The number of fused-ring (bicyclic) bond motifs is 2. The number of ether oxygens (including phenoxy) is 7. The molecule has 0 N–H and O–H groups in total. The van der Waals surface area contributed by atoms with Crippen LogP contribution in [-0.4, -0.2) is 87.9 Å². The van der Waals surface area contributed by atoms with Crippen molar-refractivity contribution in [2.75, 3.05) is 13.2 Å². The number of hydrogen-bond donors (Lipinski definition) is 0. The zero-order chi connectivity index (χ0) is 22.9. The van der Waals surface area contributed by atoms with Gasteiger partial charge in [0.2, 0.25) is 6.29 Å². The monoisotopic (exact) mass is 440 g/mol. The van der Waals surface area contributed by atoms with Crippen LogP contribution in [0.3, 0.4) is 0 Å². The van der Waals surface area contributed by atoms with E-state index >= 15 is 0 Å². The summed E-state index contributed by atoms with van der Waals surface area (Å²) in [5.41, 5.74) is 0. The van der Waals surface area contributed by atoms with Gasteiger partial charge in [0.05, 0.1) is 31.4 Å². The summed E-state index contributed by atoms with van der Waals surface area (Å²) in [5.74, 6) is -0.762. The highest BCUT2D eigenvalue weighted by Gasteiger charge is 2.54. The van der Waals surface area contributed by atoms with Crippen molar-refractivity contribution in [2.24, 2.45) is 11.8 Å². The standard InChI is InChI=1S/C11H16O6.C9H13BO4/c1-5-4-14-9-8(5)17-11(16-7(3)13)10(9)15-6(2)12;1-4-3-12-7-6(4)14-9(10)8(7)13-5(2)11/h5,8-11H,4H2,1-3H3;4,6-9H,3H2,1-2H3/t5-,8?,9+,10-,11?;4-,6?,7+,8-,9-/m11/s1. The molecule has 0 spiro atoms. The number of carbonyl (C=O) groups is 3. The highest BCUT2D eigenvalue weighted by atomic mass is 16.7. The molecule has 0 aliphatic carbocycles. The molecule has 4 aliphatic rings. The quantitative estimate of drug-likeness (QED) is 0.340. The third kappa shape index (κ3) is 5.39. The van der Waals surface area contributed by atoms with Gasteiger partial charge in [-0.25, -0.2) is 0 Å². The predicted molar refractivity (Wildman–Crippen MR) is 104 cm³/mol. The van der Waals surface area contributed by atoms with Crippen LogP contribution in [-0.2, 0) is 47.5 Å². The van der Waals surface area contributed by atoms with E-state index in [1.54, 1.807) is 0 Å². The Morgan fingerprint density at radius 2 is 1.16 bits per heavy atom. The van der Waals surface area contributed by atoms with E-state index < -0.39 is 36.4 Å². The van der Waals surface area contributed by atoms with Gasteiger partial charge >= 0.3 is 17.9 Å². The second-order valence-electron chi connectivity index (χ2n) is 8.34. The summed E-state index contributed by atoms with van der Waals surface area (Å²) < 4.78 is 37.3. The molecule has 4 aliphatic heterocycles. The van der Waals surface area contributed by atoms with Gasteiger partial charge in [0, 0.05) is 32.6 Å². The number of rotatable bonds is 3. The van der Waals surface area contributed by atoms with Crippen LogP contribution < -0.4 is 0 Å². The zero-order valence-corrected chi connectivity index (χ0v) is 18.3. The molecule has 4 rings (SSSR count). The summed E-state index contributed by atoms with van der Waals surface area (Å²) in [7, 11) is 5.70. The van der Waals surface area contributed by atoms with E-state index in [9.17, 15) is 14.4 Å². The lowest BCUT2D eigenvalue weighted by Gasteiger charge is -2.21. The molecule has 31 heavy (non-hydrogen) atoms. The first-order valence-electron chi connectivity index (χ1n) is 10.4. The maximum absolute atomic E-state index is 11.0. The van der Waals surface area contributed by atoms with Gasteiger partial charge in [-0.1, -0.05) is 13.8 Å².